The van der Waals surface area contributed by atoms with Gasteiger partial charge in [-0.1, -0.05) is 40.2 Å². The number of hydrogen-bond acceptors (Lipinski definition) is 0. The highest BCUT2D eigenvalue weighted by Crippen LogP contribution is 2.38. The molecule has 0 spiro atoms. The monoisotopic (exact) mass is 214 g/mol. The predicted octanol–water partition coefficient (Wildman–Crippen LogP) is 3.02. The summed E-state index contributed by atoms with van der Waals surface area (Å²) in [6, 6.07) is 7.69. The van der Waals surface area contributed by atoms with Crippen LogP contribution in [-0.4, -0.2) is 4.83 Å². The van der Waals surface area contributed by atoms with Crippen LogP contribution in [0.4, 0.5) is 4.39 Å². The Bertz CT molecular complexity index is 272. The number of benzene rings is 1. The smallest absolute Gasteiger partial charge is 0.138 e. The quantitative estimate of drug-likeness (QED) is 0.583. The maximum absolute atomic E-state index is 13.3. The van der Waals surface area contributed by atoms with Crippen molar-refractivity contribution < 1.29 is 4.39 Å². The lowest BCUT2D eigenvalue weighted by Crippen LogP contribution is -1.98. The van der Waals surface area contributed by atoms with Gasteiger partial charge in [-0.3, -0.25) is 0 Å². The molecular formula is C9H8BrF. The molecule has 0 fully saturated rings. The Morgan fingerprint density at radius 1 is 1.36 bits per heavy atom. The van der Waals surface area contributed by atoms with Crippen molar-refractivity contribution >= 4 is 15.9 Å². The first-order valence-electron chi connectivity index (χ1n) is 3.65. The van der Waals surface area contributed by atoms with E-state index in [1.165, 1.54) is 0 Å². The topological polar surface area (TPSA) is 0 Å². The molecule has 0 aliphatic heterocycles. The summed E-state index contributed by atoms with van der Waals surface area (Å²) in [6.07, 6.45) is 0.00310. The van der Waals surface area contributed by atoms with Crippen LogP contribution < -0.4 is 0 Å². The number of alkyl halides is 2. The van der Waals surface area contributed by atoms with E-state index in [1.807, 2.05) is 24.3 Å². The summed E-state index contributed by atoms with van der Waals surface area (Å²) in [5.41, 5.74) is 2.00. The molecule has 1 aliphatic rings. The van der Waals surface area contributed by atoms with Crippen LogP contribution >= 0.6 is 15.9 Å². The van der Waals surface area contributed by atoms with Crippen molar-refractivity contribution in [3.05, 3.63) is 35.4 Å². The van der Waals surface area contributed by atoms with Crippen LogP contribution in [0.5, 0.6) is 0 Å². The Morgan fingerprint density at radius 3 is 2.82 bits per heavy atom. The van der Waals surface area contributed by atoms with Gasteiger partial charge in [-0.25, -0.2) is 4.39 Å². The van der Waals surface area contributed by atoms with Crippen LogP contribution in [0.2, 0.25) is 0 Å². The zero-order valence-electron chi connectivity index (χ0n) is 5.93. The molecule has 2 heteroatoms. The lowest BCUT2D eigenvalue weighted by atomic mass is 10.1. The molecule has 1 aromatic rings. The molecule has 0 heterocycles. The Hall–Kier alpha value is -0.370. The number of halogens is 2. The van der Waals surface area contributed by atoms with Gasteiger partial charge in [0.2, 0.25) is 0 Å². The van der Waals surface area contributed by atoms with E-state index in [0.717, 1.165) is 17.5 Å². The van der Waals surface area contributed by atoms with E-state index in [0.29, 0.717) is 0 Å². The summed E-state index contributed by atoms with van der Waals surface area (Å²) in [5, 5.41) is 0. The molecule has 58 valence electrons. The van der Waals surface area contributed by atoms with E-state index in [-0.39, 0.29) is 4.83 Å². The van der Waals surface area contributed by atoms with Crippen LogP contribution in [0.15, 0.2) is 24.3 Å². The van der Waals surface area contributed by atoms with Crippen molar-refractivity contribution in [2.45, 2.75) is 17.4 Å². The van der Waals surface area contributed by atoms with Gasteiger partial charge in [0.1, 0.15) is 6.17 Å². The van der Waals surface area contributed by atoms with Crippen molar-refractivity contribution in [1.82, 2.24) is 0 Å². The maximum atomic E-state index is 13.3. The fraction of sp³-hybridized carbons (Fsp3) is 0.333. The van der Waals surface area contributed by atoms with E-state index >= 15 is 0 Å². The van der Waals surface area contributed by atoms with Crippen LogP contribution in [0.3, 0.4) is 0 Å². The normalized spacial score (nSPS) is 28.5. The molecule has 0 radical (unpaired) electrons. The molecule has 1 aromatic carbocycles. The Labute approximate surface area is 73.6 Å². The maximum Gasteiger partial charge on any atom is 0.138 e. The summed E-state index contributed by atoms with van der Waals surface area (Å²) in [6.45, 7) is 0. The summed E-state index contributed by atoms with van der Waals surface area (Å²) in [4.78, 5) is -0.0140. The highest BCUT2D eigenvalue weighted by atomic mass is 79.9. The first kappa shape index (κ1) is 7.29. The minimum absolute atomic E-state index is 0.0140. The zero-order chi connectivity index (χ0) is 7.84. The predicted molar refractivity (Wildman–Crippen MR) is 46.7 cm³/mol. The fourth-order valence-electron chi connectivity index (χ4n) is 1.50. The molecule has 0 amide bonds. The standard InChI is InChI=1S/C9H8BrF/c10-8-5-6-3-1-2-4-7(6)9(8)11/h1-4,8-9H,5H2/t8-,9-/m0/s1. The van der Waals surface area contributed by atoms with Crippen molar-refractivity contribution in [3.63, 3.8) is 0 Å². The van der Waals surface area contributed by atoms with Crippen LogP contribution in [-0.2, 0) is 6.42 Å². The average molecular weight is 215 g/mol. The molecule has 0 N–H and O–H groups in total. The molecule has 11 heavy (non-hydrogen) atoms. The third-order valence-electron chi connectivity index (χ3n) is 2.08. The highest BCUT2D eigenvalue weighted by molar-refractivity contribution is 9.09. The summed E-state index contributed by atoms with van der Waals surface area (Å²) in [7, 11) is 0. The molecule has 0 aromatic heterocycles. The second kappa shape index (κ2) is 2.59. The van der Waals surface area contributed by atoms with Gasteiger partial charge in [-0.05, 0) is 17.5 Å². The van der Waals surface area contributed by atoms with Gasteiger partial charge in [-0.2, -0.15) is 0 Å². The van der Waals surface area contributed by atoms with Crippen molar-refractivity contribution in [3.8, 4) is 0 Å². The molecule has 0 nitrogen and oxygen atoms in total. The molecule has 1 aliphatic carbocycles. The van der Waals surface area contributed by atoms with Gasteiger partial charge in [0.25, 0.3) is 0 Å². The lowest BCUT2D eigenvalue weighted by molar-refractivity contribution is 0.355. The molecule has 2 rings (SSSR count). The second-order valence-electron chi connectivity index (χ2n) is 2.82. The van der Waals surface area contributed by atoms with Gasteiger partial charge in [0.15, 0.2) is 0 Å². The van der Waals surface area contributed by atoms with Crippen LogP contribution in [0, 0.1) is 0 Å². The summed E-state index contributed by atoms with van der Waals surface area (Å²) < 4.78 is 13.3. The first-order chi connectivity index (χ1) is 5.29. The fourth-order valence-corrected chi connectivity index (χ4v) is 2.13. The third kappa shape index (κ3) is 1.09. The molecule has 0 unspecified atom stereocenters. The van der Waals surface area contributed by atoms with Gasteiger partial charge in [0, 0.05) is 0 Å². The largest absolute Gasteiger partial charge is 0.241 e. The summed E-state index contributed by atoms with van der Waals surface area (Å²) in [5.74, 6) is 0. The first-order valence-corrected chi connectivity index (χ1v) is 4.56. The molecule has 0 saturated carbocycles. The minimum Gasteiger partial charge on any atom is -0.241 e. The van der Waals surface area contributed by atoms with Gasteiger partial charge in [0.05, 0.1) is 4.83 Å². The second-order valence-corrected chi connectivity index (χ2v) is 4.00. The minimum atomic E-state index is -0.814. The van der Waals surface area contributed by atoms with Crippen molar-refractivity contribution in [1.29, 1.82) is 0 Å². The van der Waals surface area contributed by atoms with Crippen LogP contribution in [0.25, 0.3) is 0 Å². The van der Waals surface area contributed by atoms with Gasteiger partial charge >= 0.3 is 0 Å². The number of rotatable bonds is 0. The molecular weight excluding hydrogens is 207 g/mol. The third-order valence-corrected chi connectivity index (χ3v) is 2.87. The molecule has 2 atom stereocenters. The van der Waals surface area contributed by atoms with E-state index in [4.69, 9.17) is 0 Å². The Morgan fingerprint density at radius 2 is 2.09 bits per heavy atom. The van der Waals surface area contributed by atoms with Gasteiger partial charge < -0.3 is 0 Å². The van der Waals surface area contributed by atoms with Gasteiger partial charge in [-0.15, -0.1) is 0 Å². The number of hydrogen-bond donors (Lipinski definition) is 0. The highest BCUT2D eigenvalue weighted by Gasteiger charge is 2.29. The Balaban J connectivity index is 2.47. The average Bonchev–Trinajstić information content (AvgIpc) is 2.30. The van der Waals surface area contributed by atoms with E-state index in [2.05, 4.69) is 15.9 Å². The number of fused-ring (bicyclic) bond motifs is 1. The van der Waals surface area contributed by atoms with Crippen molar-refractivity contribution in [2.75, 3.05) is 0 Å². The van der Waals surface area contributed by atoms with E-state index in [1.54, 1.807) is 0 Å². The van der Waals surface area contributed by atoms with Crippen molar-refractivity contribution in [2.24, 2.45) is 0 Å². The lowest BCUT2D eigenvalue weighted by Gasteiger charge is -2.02. The molecule has 0 saturated heterocycles. The van der Waals surface area contributed by atoms with E-state index < -0.39 is 6.17 Å². The summed E-state index contributed by atoms with van der Waals surface area (Å²) >= 11 is 3.31. The molecule has 0 bridgehead atoms. The van der Waals surface area contributed by atoms with Crippen LogP contribution in [0.1, 0.15) is 17.3 Å². The van der Waals surface area contributed by atoms with E-state index in [9.17, 15) is 4.39 Å². The SMILES string of the molecule is F[C@H]1c2ccccc2C[C@@H]1Br. The Kier molecular flexibility index (Phi) is 1.72. The zero-order valence-corrected chi connectivity index (χ0v) is 7.51.